The highest BCUT2D eigenvalue weighted by Gasteiger charge is 2.21. The van der Waals surface area contributed by atoms with Crippen molar-refractivity contribution in [1.82, 2.24) is 4.90 Å². The van der Waals surface area contributed by atoms with Crippen LogP contribution in [-0.4, -0.2) is 29.8 Å². The molecule has 0 aliphatic carbocycles. The molecule has 0 bridgehead atoms. The number of piperidine rings is 1. The SMILES string of the molecule is CC(=O)Nc1ccc(C(=O)N2CCCCC2)o1. The quantitative estimate of drug-likeness (QED) is 0.852. The van der Waals surface area contributed by atoms with Crippen LogP contribution in [0.4, 0.5) is 5.88 Å². The molecule has 0 unspecified atom stereocenters. The smallest absolute Gasteiger partial charge is 0.289 e. The lowest BCUT2D eigenvalue weighted by Gasteiger charge is -2.25. The first-order valence-electron chi connectivity index (χ1n) is 5.83. The number of hydrogen-bond donors (Lipinski definition) is 1. The van der Waals surface area contributed by atoms with E-state index in [0.717, 1.165) is 25.9 Å². The van der Waals surface area contributed by atoms with Gasteiger partial charge in [0.1, 0.15) is 0 Å². The summed E-state index contributed by atoms with van der Waals surface area (Å²) < 4.78 is 5.29. The molecule has 1 N–H and O–H groups in total. The van der Waals surface area contributed by atoms with Crippen molar-refractivity contribution in [2.75, 3.05) is 18.4 Å². The van der Waals surface area contributed by atoms with Gasteiger partial charge in [0.05, 0.1) is 0 Å². The molecule has 1 aromatic rings. The molecular formula is C12H16N2O3. The van der Waals surface area contributed by atoms with Crippen molar-refractivity contribution in [2.24, 2.45) is 0 Å². The molecule has 5 heteroatoms. The van der Waals surface area contributed by atoms with Gasteiger partial charge in [-0.2, -0.15) is 0 Å². The van der Waals surface area contributed by atoms with Crippen LogP contribution in [0.5, 0.6) is 0 Å². The van der Waals surface area contributed by atoms with E-state index < -0.39 is 0 Å². The van der Waals surface area contributed by atoms with Crippen LogP contribution in [0.15, 0.2) is 16.5 Å². The van der Waals surface area contributed by atoms with Crippen molar-refractivity contribution in [1.29, 1.82) is 0 Å². The molecule has 2 rings (SSSR count). The third-order valence-corrected chi connectivity index (χ3v) is 2.76. The van der Waals surface area contributed by atoms with Crippen molar-refractivity contribution in [3.8, 4) is 0 Å². The minimum atomic E-state index is -0.212. The van der Waals surface area contributed by atoms with E-state index in [0.29, 0.717) is 5.88 Å². The van der Waals surface area contributed by atoms with Crippen molar-refractivity contribution < 1.29 is 14.0 Å². The van der Waals surface area contributed by atoms with E-state index >= 15 is 0 Å². The molecule has 0 saturated carbocycles. The average Bonchev–Trinajstić information content (AvgIpc) is 2.77. The number of likely N-dealkylation sites (tertiary alicyclic amines) is 1. The largest absolute Gasteiger partial charge is 0.435 e. The van der Waals surface area contributed by atoms with Gasteiger partial charge >= 0.3 is 0 Å². The Morgan fingerprint density at radius 1 is 1.24 bits per heavy atom. The molecule has 5 nitrogen and oxygen atoms in total. The molecule has 0 atom stereocenters. The predicted molar refractivity (Wildman–Crippen MR) is 62.8 cm³/mol. The second-order valence-electron chi connectivity index (χ2n) is 4.20. The molecule has 1 aliphatic heterocycles. The van der Waals surface area contributed by atoms with Crippen LogP contribution in [0, 0.1) is 0 Å². The maximum Gasteiger partial charge on any atom is 0.289 e. The Morgan fingerprint density at radius 3 is 2.59 bits per heavy atom. The van der Waals surface area contributed by atoms with Crippen molar-refractivity contribution >= 4 is 17.7 Å². The molecular weight excluding hydrogens is 220 g/mol. The van der Waals surface area contributed by atoms with Crippen LogP contribution in [0.2, 0.25) is 0 Å². The Bertz CT molecular complexity index is 419. The summed E-state index contributed by atoms with van der Waals surface area (Å²) in [5.74, 6) is 0.297. The lowest BCUT2D eigenvalue weighted by atomic mass is 10.1. The number of nitrogens with one attached hydrogen (secondary N) is 1. The fraction of sp³-hybridized carbons (Fsp3) is 0.500. The fourth-order valence-corrected chi connectivity index (χ4v) is 1.95. The summed E-state index contributed by atoms with van der Waals surface area (Å²) >= 11 is 0. The van der Waals surface area contributed by atoms with Gasteiger partial charge in [0.15, 0.2) is 11.6 Å². The van der Waals surface area contributed by atoms with Crippen LogP contribution >= 0.6 is 0 Å². The molecule has 2 heterocycles. The number of nitrogens with zero attached hydrogens (tertiary/aromatic N) is 1. The number of hydrogen-bond acceptors (Lipinski definition) is 3. The summed E-state index contributed by atoms with van der Waals surface area (Å²) in [6.45, 7) is 2.97. The number of amides is 2. The molecule has 1 aromatic heterocycles. The van der Waals surface area contributed by atoms with E-state index in [9.17, 15) is 9.59 Å². The van der Waals surface area contributed by atoms with Crippen LogP contribution < -0.4 is 5.32 Å². The summed E-state index contributed by atoms with van der Waals surface area (Å²) in [4.78, 5) is 24.6. The molecule has 1 saturated heterocycles. The van der Waals surface area contributed by atoms with E-state index in [4.69, 9.17) is 4.42 Å². The number of furan rings is 1. The van der Waals surface area contributed by atoms with Crippen molar-refractivity contribution in [3.05, 3.63) is 17.9 Å². The highest BCUT2D eigenvalue weighted by molar-refractivity contribution is 5.93. The van der Waals surface area contributed by atoms with E-state index in [-0.39, 0.29) is 17.6 Å². The highest BCUT2D eigenvalue weighted by Crippen LogP contribution is 2.17. The van der Waals surface area contributed by atoms with Crippen molar-refractivity contribution in [2.45, 2.75) is 26.2 Å². The number of carbonyl (C=O) groups excluding carboxylic acids is 2. The topological polar surface area (TPSA) is 62.6 Å². The lowest BCUT2D eigenvalue weighted by Crippen LogP contribution is -2.35. The standard InChI is InChI=1S/C12H16N2O3/c1-9(15)13-11-6-5-10(17-11)12(16)14-7-3-2-4-8-14/h5-6H,2-4,7-8H2,1H3,(H,13,15). The monoisotopic (exact) mass is 236 g/mol. The van der Waals surface area contributed by atoms with Crippen molar-refractivity contribution in [3.63, 3.8) is 0 Å². The summed E-state index contributed by atoms with van der Waals surface area (Å²) in [5.41, 5.74) is 0. The van der Waals surface area contributed by atoms with Gasteiger partial charge < -0.3 is 9.32 Å². The predicted octanol–water partition coefficient (Wildman–Crippen LogP) is 1.86. The highest BCUT2D eigenvalue weighted by atomic mass is 16.4. The van der Waals surface area contributed by atoms with Gasteiger partial charge in [-0.1, -0.05) is 0 Å². The zero-order valence-electron chi connectivity index (χ0n) is 9.86. The second kappa shape index (κ2) is 5.03. The van der Waals surface area contributed by atoms with Gasteiger partial charge in [0, 0.05) is 26.1 Å². The van der Waals surface area contributed by atoms with Gasteiger partial charge in [-0.15, -0.1) is 0 Å². The zero-order valence-corrected chi connectivity index (χ0v) is 9.86. The maximum atomic E-state index is 12.0. The molecule has 92 valence electrons. The van der Waals surface area contributed by atoms with Gasteiger partial charge in [-0.3, -0.25) is 14.9 Å². The minimum Gasteiger partial charge on any atom is -0.435 e. The molecule has 1 fully saturated rings. The fourth-order valence-electron chi connectivity index (χ4n) is 1.95. The minimum absolute atomic E-state index is 0.0960. The summed E-state index contributed by atoms with van der Waals surface area (Å²) in [7, 11) is 0. The summed E-state index contributed by atoms with van der Waals surface area (Å²) in [5, 5.41) is 2.51. The third kappa shape index (κ3) is 2.87. The maximum absolute atomic E-state index is 12.0. The first-order valence-corrected chi connectivity index (χ1v) is 5.83. The van der Waals surface area contributed by atoms with E-state index in [2.05, 4.69) is 5.32 Å². The van der Waals surface area contributed by atoms with Crippen LogP contribution in [0.25, 0.3) is 0 Å². The van der Waals surface area contributed by atoms with Crippen LogP contribution in [0.3, 0.4) is 0 Å². The van der Waals surface area contributed by atoms with E-state index in [1.807, 2.05) is 0 Å². The Labute approximate surface area is 99.8 Å². The second-order valence-corrected chi connectivity index (χ2v) is 4.20. The summed E-state index contributed by atoms with van der Waals surface area (Å²) in [6, 6.07) is 3.20. The number of anilines is 1. The van der Waals surface area contributed by atoms with E-state index in [1.54, 1.807) is 17.0 Å². The zero-order chi connectivity index (χ0) is 12.3. The molecule has 0 spiro atoms. The van der Waals surface area contributed by atoms with Crippen LogP contribution in [0.1, 0.15) is 36.7 Å². The van der Waals surface area contributed by atoms with Gasteiger partial charge in [0.2, 0.25) is 5.91 Å². The van der Waals surface area contributed by atoms with Gasteiger partial charge in [-0.25, -0.2) is 0 Å². The Morgan fingerprint density at radius 2 is 1.94 bits per heavy atom. The first-order chi connectivity index (χ1) is 8.16. The normalized spacial score (nSPS) is 15.7. The molecule has 17 heavy (non-hydrogen) atoms. The first kappa shape index (κ1) is 11.7. The lowest BCUT2D eigenvalue weighted by molar-refractivity contribution is -0.114. The van der Waals surface area contributed by atoms with Gasteiger partial charge in [-0.05, 0) is 25.3 Å². The summed E-state index contributed by atoms with van der Waals surface area (Å²) in [6.07, 6.45) is 3.27. The number of carbonyl (C=O) groups is 2. The Kier molecular flexibility index (Phi) is 3.46. The number of rotatable bonds is 2. The Balaban J connectivity index is 2.03. The van der Waals surface area contributed by atoms with E-state index in [1.165, 1.54) is 13.3 Å². The van der Waals surface area contributed by atoms with Gasteiger partial charge in [0.25, 0.3) is 5.91 Å². The third-order valence-electron chi connectivity index (χ3n) is 2.76. The molecule has 0 aromatic carbocycles. The average molecular weight is 236 g/mol. The molecule has 0 radical (unpaired) electrons. The molecule has 1 aliphatic rings. The Hall–Kier alpha value is -1.78. The van der Waals surface area contributed by atoms with Crippen LogP contribution in [-0.2, 0) is 4.79 Å². The molecule has 2 amide bonds.